The van der Waals surface area contributed by atoms with Crippen molar-refractivity contribution in [2.75, 3.05) is 11.9 Å². The number of anilines is 1. The van der Waals surface area contributed by atoms with Crippen LogP contribution in [0.2, 0.25) is 0 Å². The number of hydrogen-bond donors (Lipinski definition) is 3. The molecule has 2 aromatic rings. The van der Waals surface area contributed by atoms with Crippen LogP contribution < -0.4 is 16.0 Å². The smallest absolute Gasteiger partial charge is 0.408 e. The van der Waals surface area contributed by atoms with Gasteiger partial charge in [0.1, 0.15) is 18.2 Å². The van der Waals surface area contributed by atoms with Crippen molar-refractivity contribution in [3.63, 3.8) is 0 Å². The Morgan fingerprint density at radius 3 is 2.13 bits per heavy atom. The van der Waals surface area contributed by atoms with Crippen LogP contribution in [0.4, 0.5) is 15.3 Å². The molecule has 1 atom stereocenters. The number of benzene rings is 2. The van der Waals surface area contributed by atoms with Crippen LogP contribution in [0.25, 0.3) is 0 Å². The molecule has 0 saturated carbocycles. The molecule has 0 aliphatic rings. The Kier molecular flexibility index (Phi) is 8.22. The Morgan fingerprint density at radius 2 is 1.53 bits per heavy atom. The third-order valence-corrected chi connectivity index (χ3v) is 3.70. The summed E-state index contributed by atoms with van der Waals surface area (Å²) < 4.78 is 10.5. The van der Waals surface area contributed by atoms with Crippen LogP contribution in [-0.2, 0) is 20.9 Å². The summed E-state index contributed by atoms with van der Waals surface area (Å²) in [6, 6.07) is 16.3. The predicted octanol–water partition coefficient (Wildman–Crippen LogP) is 3.44. The molecule has 3 N–H and O–H groups in total. The molecular formula is C22H27N3O5. The molecule has 8 nitrogen and oxygen atoms in total. The van der Waals surface area contributed by atoms with Gasteiger partial charge in [0.2, 0.25) is 0 Å². The molecule has 0 bridgehead atoms. The van der Waals surface area contributed by atoms with Crippen LogP contribution >= 0.6 is 0 Å². The average molecular weight is 413 g/mol. The fourth-order valence-corrected chi connectivity index (χ4v) is 2.36. The molecule has 0 spiro atoms. The van der Waals surface area contributed by atoms with Gasteiger partial charge in [0.15, 0.2) is 0 Å². The van der Waals surface area contributed by atoms with Crippen LogP contribution in [0.1, 0.15) is 26.3 Å². The summed E-state index contributed by atoms with van der Waals surface area (Å²) in [6.45, 7) is 5.00. The van der Waals surface area contributed by atoms with E-state index in [-0.39, 0.29) is 13.2 Å². The Morgan fingerprint density at radius 1 is 0.933 bits per heavy atom. The summed E-state index contributed by atoms with van der Waals surface area (Å²) in [5.41, 5.74) is 0.663. The first-order chi connectivity index (χ1) is 14.2. The van der Waals surface area contributed by atoms with Gasteiger partial charge >= 0.3 is 18.1 Å². The summed E-state index contributed by atoms with van der Waals surface area (Å²) in [5, 5.41) is 7.65. The maximum atomic E-state index is 12.5. The Hall–Kier alpha value is -3.55. The molecule has 0 aromatic heterocycles. The minimum Gasteiger partial charge on any atom is -0.459 e. The summed E-state index contributed by atoms with van der Waals surface area (Å²) in [5.74, 6) is -0.690. The van der Waals surface area contributed by atoms with E-state index in [1.165, 1.54) is 0 Å². The lowest BCUT2D eigenvalue weighted by Crippen LogP contribution is -2.50. The van der Waals surface area contributed by atoms with Crippen LogP contribution in [-0.4, -0.2) is 36.3 Å². The number of rotatable bonds is 7. The molecule has 0 heterocycles. The molecule has 0 fully saturated rings. The number of carbonyl (C=O) groups excluding carboxylic acids is 3. The molecule has 0 aliphatic carbocycles. The average Bonchev–Trinajstić information content (AvgIpc) is 2.69. The lowest BCUT2D eigenvalue weighted by Gasteiger charge is -2.23. The minimum atomic E-state index is -1.12. The van der Waals surface area contributed by atoms with Gasteiger partial charge in [-0.25, -0.2) is 14.4 Å². The fourth-order valence-electron chi connectivity index (χ4n) is 2.36. The van der Waals surface area contributed by atoms with Crippen LogP contribution in [0.5, 0.6) is 0 Å². The third-order valence-electron chi connectivity index (χ3n) is 3.70. The summed E-state index contributed by atoms with van der Waals surface area (Å²) in [6.07, 6.45) is -0.783. The third kappa shape index (κ3) is 8.64. The number of amides is 3. The highest BCUT2D eigenvalue weighted by Gasteiger charge is 2.26. The number of ether oxygens (including phenoxy) is 2. The second-order valence-electron chi connectivity index (χ2n) is 7.49. The van der Waals surface area contributed by atoms with E-state index >= 15 is 0 Å². The summed E-state index contributed by atoms with van der Waals surface area (Å²) >= 11 is 0. The standard InChI is InChI=1S/C22H27N3O5/c1-22(2,3)30-21(28)25-18(19(26)29-15-16-10-6-4-7-11-16)14-23-20(27)24-17-12-8-5-9-13-17/h4-13,18H,14-15H2,1-3H3,(H,25,28)(H2,23,24,27)/t18-/m0/s1. The van der Waals surface area contributed by atoms with Gasteiger partial charge in [-0.2, -0.15) is 0 Å². The zero-order valence-corrected chi connectivity index (χ0v) is 17.3. The lowest BCUT2D eigenvalue weighted by molar-refractivity contribution is -0.147. The van der Waals surface area contributed by atoms with E-state index in [0.29, 0.717) is 5.69 Å². The van der Waals surface area contributed by atoms with Gasteiger partial charge in [0, 0.05) is 5.69 Å². The molecular weight excluding hydrogens is 386 g/mol. The van der Waals surface area contributed by atoms with Crippen molar-refractivity contribution in [3.8, 4) is 0 Å². The van der Waals surface area contributed by atoms with Crippen LogP contribution in [0.15, 0.2) is 60.7 Å². The number of para-hydroxylation sites is 1. The van der Waals surface area contributed by atoms with Gasteiger partial charge in [0.25, 0.3) is 0 Å². The number of urea groups is 1. The van der Waals surface area contributed by atoms with Crippen LogP contribution in [0, 0.1) is 0 Å². The lowest BCUT2D eigenvalue weighted by atomic mass is 10.2. The van der Waals surface area contributed by atoms with Gasteiger partial charge < -0.3 is 25.4 Å². The largest absolute Gasteiger partial charge is 0.459 e. The van der Waals surface area contributed by atoms with Gasteiger partial charge in [-0.05, 0) is 38.5 Å². The van der Waals surface area contributed by atoms with Gasteiger partial charge in [0.05, 0.1) is 6.54 Å². The molecule has 2 aromatic carbocycles. The first-order valence-electron chi connectivity index (χ1n) is 9.53. The predicted molar refractivity (Wildman–Crippen MR) is 113 cm³/mol. The summed E-state index contributed by atoms with van der Waals surface area (Å²) in [4.78, 5) is 36.8. The second kappa shape index (κ2) is 10.8. The van der Waals surface area contributed by atoms with E-state index in [0.717, 1.165) is 5.56 Å². The molecule has 0 radical (unpaired) electrons. The molecule has 0 aliphatic heterocycles. The normalized spacial score (nSPS) is 11.7. The fraction of sp³-hybridized carbons (Fsp3) is 0.318. The quantitative estimate of drug-likeness (QED) is 0.603. The van der Waals surface area contributed by atoms with E-state index in [9.17, 15) is 14.4 Å². The van der Waals surface area contributed by atoms with Crippen molar-refractivity contribution in [2.45, 2.75) is 39.0 Å². The van der Waals surface area contributed by atoms with E-state index in [4.69, 9.17) is 9.47 Å². The number of esters is 1. The Balaban J connectivity index is 1.95. The zero-order valence-electron chi connectivity index (χ0n) is 17.3. The Bertz CT molecular complexity index is 835. The van der Waals surface area contributed by atoms with Gasteiger partial charge in [-0.3, -0.25) is 0 Å². The van der Waals surface area contributed by atoms with Gasteiger partial charge in [-0.15, -0.1) is 0 Å². The Labute approximate surface area is 175 Å². The SMILES string of the molecule is CC(C)(C)OC(=O)N[C@@H](CNC(=O)Nc1ccccc1)C(=O)OCc1ccccc1. The van der Waals surface area contributed by atoms with E-state index in [2.05, 4.69) is 16.0 Å². The molecule has 0 saturated heterocycles. The number of nitrogens with one attached hydrogen (secondary N) is 3. The molecule has 3 amide bonds. The van der Waals surface area contributed by atoms with Crippen LogP contribution in [0.3, 0.4) is 0 Å². The van der Waals surface area contributed by atoms with Crippen molar-refractivity contribution < 1.29 is 23.9 Å². The highest BCUT2D eigenvalue weighted by Crippen LogP contribution is 2.08. The summed E-state index contributed by atoms with van der Waals surface area (Å²) in [7, 11) is 0. The number of carbonyl (C=O) groups is 3. The first kappa shape index (κ1) is 22.7. The molecule has 2 rings (SSSR count). The van der Waals surface area contributed by atoms with Crippen molar-refractivity contribution >= 4 is 23.8 Å². The monoisotopic (exact) mass is 413 g/mol. The van der Waals surface area contributed by atoms with Crippen molar-refractivity contribution in [1.82, 2.24) is 10.6 Å². The molecule has 30 heavy (non-hydrogen) atoms. The molecule has 8 heteroatoms. The van der Waals surface area contributed by atoms with Crippen molar-refractivity contribution in [2.24, 2.45) is 0 Å². The number of hydrogen-bond acceptors (Lipinski definition) is 5. The van der Waals surface area contributed by atoms with Crippen molar-refractivity contribution in [1.29, 1.82) is 0 Å². The number of alkyl carbamates (subject to hydrolysis) is 1. The highest BCUT2D eigenvalue weighted by atomic mass is 16.6. The van der Waals surface area contributed by atoms with Gasteiger partial charge in [-0.1, -0.05) is 48.5 Å². The minimum absolute atomic E-state index is 0.0440. The van der Waals surface area contributed by atoms with E-state index in [1.807, 2.05) is 36.4 Å². The maximum Gasteiger partial charge on any atom is 0.408 e. The van der Waals surface area contributed by atoms with E-state index in [1.54, 1.807) is 45.0 Å². The first-order valence-corrected chi connectivity index (χ1v) is 9.53. The topological polar surface area (TPSA) is 106 Å². The molecule has 0 unspecified atom stereocenters. The second-order valence-corrected chi connectivity index (χ2v) is 7.49. The maximum absolute atomic E-state index is 12.5. The van der Waals surface area contributed by atoms with Crippen molar-refractivity contribution in [3.05, 3.63) is 66.2 Å². The van der Waals surface area contributed by atoms with E-state index < -0.39 is 29.7 Å². The molecule has 160 valence electrons. The zero-order chi connectivity index (χ0) is 22.0. The highest BCUT2D eigenvalue weighted by molar-refractivity contribution is 5.90.